The largest absolute Gasteiger partial charge is 0.495 e. The molecule has 1 aromatic carbocycles. The molecule has 2 fully saturated rings. The van der Waals surface area contributed by atoms with Crippen LogP contribution in [0.3, 0.4) is 0 Å². The number of halogens is 1. The molecule has 3 N–H and O–H groups in total. The molecule has 1 saturated carbocycles. The number of hydrogen-bond acceptors (Lipinski definition) is 5. The van der Waals surface area contributed by atoms with E-state index < -0.39 is 10.0 Å². The summed E-state index contributed by atoms with van der Waals surface area (Å²) in [6.07, 6.45) is 2.55. The van der Waals surface area contributed by atoms with E-state index in [1.165, 1.54) is 19.2 Å². The maximum absolute atomic E-state index is 12.9. The van der Waals surface area contributed by atoms with E-state index >= 15 is 0 Å². The van der Waals surface area contributed by atoms with Gasteiger partial charge in [-0.25, -0.2) is 13.1 Å². The van der Waals surface area contributed by atoms with Gasteiger partial charge in [-0.15, -0.1) is 12.4 Å². The van der Waals surface area contributed by atoms with Crippen LogP contribution in [0.4, 0.5) is 0 Å². The van der Waals surface area contributed by atoms with Gasteiger partial charge in [0.1, 0.15) is 10.6 Å². The molecule has 2 aliphatic rings. The first-order valence-electron chi connectivity index (χ1n) is 8.57. The summed E-state index contributed by atoms with van der Waals surface area (Å²) in [5.74, 6) is 0.352. The van der Waals surface area contributed by atoms with E-state index in [1.54, 1.807) is 11.0 Å². The smallest absolute Gasteiger partial charge is 0.254 e. The van der Waals surface area contributed by atoms with Gasteiger partial charge < -0.3 is 15.4 Å². The Morgan fingerprint density at radius 3 is 2.62 bits per heavy atom. The molecule has 1 amide bonds. The number of hydrogen-bond donors (Lipinski definition) is 2. The van der Waals surface area contributed by atoms with Crippen molar-refractivity contribution in [2.75, 3.05) is 20.2 Å². The molecule has 1 aliphatic heterocycles. The van der Waals surface area contributed by atoms with Gasteiger partial charge in [0.2, 0.25) is 10.0 Å². The molecule has 146 valence electrons. The number of amides is 1. The molecular weight excluding hydrogens is 378 g/mol. The number of sulfonamides is 1. The molecule has 0 radical (unpaired) electrons. The van der Waals surface area contributed by atoms with E-state index in [-0.39, 0.29) is 47.0 Å². The first kappa shape index (κ1) is 21.0. The first-order valence-corrected chi connectivity index (χ1v) is 10.1. The SMILES string of the molecule is COc1ccc(C(=O)N2CC(CN)CC2C)cc1S(=O)(=O)NC1CC1.Cl. The maximum atomic E-state index is 12.9. The molecule has 0 aromatic heterocycles. The third-order valence-electron chi connectivity index (χ3n) is 4.85. The highest BCUT2D eigenvalue weighted by molar-refractivity contribution is 7.89. The molecule has 2 unspecified atom stereocenters. The van der Waals surface area contributed by atoms with Crippen LogP contribution in [0, 0.1) is 5.92 Å². The van der Waals surface area contributed by atoms with Gasteiger partial charge in [-0.2, -0.15) is 0 Å². The Kier molecular flexibility index (Phi) is 6.55. The Morgan fingerprint density at radius 1 is 1.38 bits per heavy atom. The first-order chi connectivity index (χ1) is 11.9. The summed E-state index contributed by atoms with van der Waals surface area (Å²) in [6.45, 7) is 3.13. The second-order valence-corrected chi connectivity index (χ2v) is 8.59. The van der Waals surface area contributed by atoms with Gasteiger partial charge in [-0.3, -0.25) is 4.79 Å². The average molecular weight is 404 g/mol. The van der Waals surface area contributed by atoms with Crippen molar-refractivity contribution >= 4 is 28.3 Å². The zero-order chi connectivity index (χ0) is 18.2. The molecule has 26 heavy (non-hydrogen) atoms. The minimum absolute atomic E-state index is 0. The maximum Gasteiger partial charge on any atom is 0.254 e. The van der Waals surface area contributed by atoms with Gasteiger partial charge in [0.15, 0.2) is 0 Å². The van der Waals surface area contributed by atoms with Gasteiger partial charge in [-0.05, 0) is 56.8 Å². The van der Waals surface area contributed by atoms with Crippen LogP contribution in [0.5, 0.6) is 5.75 Å². The number of nitrogens with two attached hydrogens (primary N) is 1. The fourth-order valence-electron chi connectivity index (χ4n) is 3.27. The highest BCUT2D eigenvalue weighted by Gasteiger charge is 2.34. The molecule has 1 aliphatic carbocycles. The topological polar surface area (TPSA) is 102 Å². The molecular formula is C17H26ClN3O4S. The van der Waals surface area contributed by atoms with Crippen molar-refractivity contribution in [3.05, 3.63) is 23.8 Å². The number of likely N-dealkylation sites (tertiary alicyclic amines) is 1. The normalized spacial score (nSPS) is 22.8. The number of nitrogens with zero attached hydrogens (tertiary/aromatic N) is 1. The molecule has 1 heterocycles. The van der Waals surface area contributed by atoms with Crippen LogP contribution >= 0.6 is 12.4 Å². The Morgan fingerprint density at radius 2 is 2.08 bits per heavy atom. The number of carbonyl (C=O) groups is 1. The molecule has 2 atom stereocenters. The predicted molar refractivity (Wildman–Crippen MR) is 101 cm³/mol. The van der Waals surface area contributed by atoms with Crippen molar-refractivity contribution in [2.24, 2.45) is 11.7 Å². The van der Waals surface area contributed by atoms with Crippen LogP contribution in [0.25, 0.3) is 0 Å². The number of nitrogens with one attached hydrogen (secondary N) is 1. The third-order valence-corrected chi connectivity index (χ3v) is 6.40. The lowest BCUT2D eigenvalue weighted by molar-refractivity contribution is 0.0743. The Bertz CT molecular complexity index is 767. The quantitative estimate of drug-likeness (QED) is 0.746. The van der Waals surface area contributed by atoms with Crippen LogP contribution in [0.15, 0.2) is 23.1 Å². The Hall–Kier alpha value is -1.35. The summed E-state index contributed by atoms with van der Waals surface area (Å²) in [5, 5.41) is 0. The van der Waals surface area contributed by atoms with Gasteiger partial charge in [0, 0.05) is 24.2 Å². The molecule has 1 saturated heterocycles. The Labute approximate surface area is 160 Å². The highest BCUT2D eigenvalue weighted by Crippen LogP contribution is 2.30. The van der Waals surface area contributed by atoms with E-state index in [2.05, 4.69) is 4.72 Å². The van der Waals surface area contributed by atoms with Crippen LogP contribution in [-0.4, -0.2) is 51.5 Å². The third kappa shape index (κ3) is 4.31. The lowest BCUT2D eigenvalue weighted by Gasteiger charge is -2.22. The van der Waals surface area contributed by atoms with Crippen LogP contribution in [0.2, 0.25) is 0 Å². The second-order valence-electron chi connectivity index (χ2n) is 6.91. The molecule has 1 aromatic rings. The standard InChI is InChI=1S/C17H25N3O4S.ClH/c1-11-7-12(9-18)10-20(11)17(21)13-3-6-15(24-2)16(8-13)25(22,23)19-14-4-5-14;/h3,6,8,11-12,14,19H,4-5,7,9-10,18H2,1-2H3;1H. The molecule has 0 bridgehead atoms. The lowest BCUT2D eigenvalue weighted by Crippen LogP contribution is -2.34. The molecule has 9 heteroatoms. The van der Waals surface area contributed by atoms with E-state index in [4.69, 9.17) is 10.5 Å². The number of ether oxygens (including phenoxy) is 1. The summed E-state index contributed by atoms with van der Waals surface area (Å²) in [6, 6.07) is 4.63. The fourth-order valence-corrected chi connectivity index (χ4v) is 4.77. The summed E-state index contributed by atoms with van der Waals surface area (Å²) < 4.78 is 33.0. The predicted octanol–water partition coefficient (Wildman–Crippen LogP) is 1.37. The monoisotopic (exact) mass is 403 g/mol. The minimum Gasteiger partial charge on any atom is -0.495 e. The van der Waals surface area contributed by atoms with E-state index in [0.717, 1.165) is 19.3 Å². The van der Waals surface area contributed by atoms with Crippen molar-refractivity contribution in [1.29, 1.82) is 0 Å². The minimum atomic E-state index is -3.71. The molecule has 0 spiro atoms. The van der Waals surface area contributed by atoms with Gasteiger partial charge in [-0.1, -0.05) is 0 Å². The summed E-state index contributed by atoms with van der Waals surface area (Å²) >= 11 is 0. The second kappa shape index (κ2) is 8.12. The highest BCUT2D eigenvalue weighted by atomic mass is 35.5. The van der Waals surface area contributed by atoms with E-state index in [0.29, 0.717) is 18.7 Å². The van der Waals surface area contributed by atoms with Crippen molar-refractivity contribution in [1.82, 2.24) is 9.62 Å². The molecule has 3 rings (SSSR count). The van der Waals surface area contributed by atoms with E-state index in [9.17, 15) is 13.2 Å². The molecule has 7 nitrogen and oxygen atoms in total. The van der Waals surface area contributed by atoms with Gasteiger partial charge in [0.25, 0.3) is 5.91 Å². The zero-order valence-corrected chi connectivity index (χ0v) is 16.6. The fraction of sp³-hybridized carbons (Fsp3) is 0.588. The average Bonchev–Trinajstić information content (AvgIpc) is 3.31. The van der Waals surface area contributed by atoms with Crippen LogP contribution in [0.1, 0.15) is 36.5 Å². The van der Waals surface area contributed by atoms with Crippen LogP contribution in [-0.2, 0) is 10.0 Å². The lowest BCUT2D eigenvalue weighted by atomic mass is 10.1. The van der Waals surface area contributed by atoms with Gasteiger partial charge in [0.05, 0.1) is 7.11 Å². The van der Waals surface area contributed by atoms with Crippen molar-refractivity contribution in [3.63, 3.8) is 0 Å². The van der Waals surface area contributed by atoms with Crippen LogP contribution < -0.4 is 15.2 Å². The summed E-state index contributed by atoms with van der Waals surface area (Å²) in [4.78, 5) is 14.6. The number of methoxy groups -OCH3 is 1. The van der Waals surface area contributed by atoms with Crippen molar-refractivity contribution in [2.45, 2.75) is 43.2 Å². The Balaban J connectivity index is 0.00000243. The number of rotatable bonds is 6. The summed E-state index contributed by atoms with van der Waals surface area (Å²) in [7, 11) is -2.30. The number of carbonyl (C=O) groups excluding carboxylic acids is 1. The van der Waals surface area contributed by atoms with Crippen molar-refractivity contribution < 1.29 is 17.9 Å². The van der Waals surface area contributed by atoms with Crippen molar-refractivity contribution in [3.8, 4) is 5.75 Å². The number of benzene rings is 1. The van der Waals surface area contributed by atoms with Gasteiger partial charge >= 0.3 is 0 Å². The van der Waals surface area contributed by atoms with E-state index in [1.807, 2.05) is 6.92 Å². The summed E-state index contributed by atoms with van der Waals surface area (Å²) in [5.41, 5.74) is 6.07. The zero-order valence-electron chi connectivity index (χ0n) is 15.0.